The second-order valence-electron chi connectivity index (χ2n) is 9.37. The van der Waals surface area contributed by atoms with Crippen LogP contribution in [0.15, 0.2) is 24.5 Å². The minimum atomic E-state index is -0.486. The predicted molar refractivity (Wildman–Crippen MR) is 106 cm³/mol. The molecular weight excluding hydrogens is 354 g/mol. The van der Waals surface area contributed by atoms with Crippen molar-refractivity contribution in [2.45, 2.75) is 52.6 Å². The van der Waals surface area contributed by atoms with Crippen LogP contribution in [0.25, 0.3) is 5.52 Å². The standard InChI is InChI=1S/C22H29N3O3/c1-13-7-6-8-25-17(13)10-23-20(25)14(2)9-18(26)19-15-11-24(12-16(15)19)21(27)28-22(3,4)5/h6-8,10,14-16,19H,9,11-12H2,1-5H3/t14-,15-,16+,19?/m0/s1. The monoisotopic (exact) mass is 383 g/mol. The number of likely N-dealkylation sites (tertiary alicyclic amines) is 1. The van der Waals surface area contributed by atoms with E-state index in [-0.39, 0.29) is 17.9 Å². The van der Waals surface area contributed by atoms with Gasteiger partial charge in [-0.2, -0.15) is 0 Å². The highest BCUT2D eigenvalue weighted by Gasteiger charge is 2.60. The molecule has 28 heavy (non-hydrogen) atoms. The molecule has 1 saturated heterocycles. The van der Waals surface area contributed by atoms with Crippen LogP contribution in [-0.2, 0) is 9.53 Å². The summed E-state index contributed by atoms with van der Waals surface area (Å²) in [6.07, 6.45) is 4.13. The molecule has 2 aromatic heterocycles. The number of carbonyl (C=O) groups excluding carboxylic acids is 2. The van der Waals surface area contributed by atoms with Crippen molar-refractivity contribution in [1.29, 1.82) is 0 Å². The summed E-state index contributed by atoms with van der Waals surface area (Å²) in [7, 11) is 0. The Kier molecular flexibility index (Phi) is 4.47. The summed E-state index contributed by atoms with van der Waals surface area (Å²) in [5, 5.41) is 0. The SMILES string of the molecule is Cc1cccn2c([C@@H](C)CC(=O)C3[C@H]4CN(C(=O)OC(C)(C)C)C[C@@H]34)ncc12. The number of piperidine rings is 1. The van der Waals surface area contributed by atoms with Gasteiger partial charge in [0.05, 0.1) is 11.7 Å². The number of ether oxygens (including phenoxy) is 1. The van der Waals surface area contributed by atoms with Gasteiger partial charge in [-0.15, -0.1) is 0 Å². The Morgan fingerprint density at radius 2 is 1.96 bits per heavy atom. The predicted octanol–water partition coefficient (Wildman–Crippen LogP) is 3.82. The fraction of sp³-hybridized carbons (Fsp3) is 0.591. The normalized spacial score (nSPS) is 24.9. The molecule has 0 spiro atoms. The van der Waals surface area contributed by atoms with Gasteiger partial charge in [-0.05, 0) is 51.2 Å². The fourth-order valence-electron chi connectivity index (χ4n) is 4.56. The molecule has 1 aliphatic carbocycles. The molecule has 1 unspecified atom stereocenters. The van der Waals surface area contributed by atoms with Gasteiger partial charge in [-0.3, -0.25) is 4.79 Å². The number of fused-ring (bicyclic) bond motifs is 2. The maximum atomic E-state index is 12.9. The molecule has 0 N–H and O–H groups in total. The van der Waals surface area contributed by atoms with Crippen LogP contribution in [0.2, 0.25) is 0 Å². The highest BCUT2D eigenvalue weighted by molar-refractivity contribution is 5.86. The lowest BCUT2D eigenvalue weighted by Crippen LogP contribution is -2.37. The van der Waals surface area contributed by atoms with Crippen LogP contribution in [0.4, 0.5) is 4.79 Å². The Hall–Kier alpha value is -2.37. The Morgan fingerprint density at radius 3 is 2.61 bits per heavy atom. The maximum absolute atomic E-state index is 12.9. The number of Topliss-reactive ketones (excluding diaryl/α,β-unsaturated/α-hetero) is 1. The zero-order valence-electron chi connectivity index (χ0n) is 17.3. The number of hydrogen-bond donors (Lipinski definition) is 0. The van der Waals surface area contributed by atoms with Crippen LogP contribution < -0.4 is 0 Å². The third-order valence-corrected chi connectivity index (χ3v) is 5.98. The molecule has 0 radical (unpaired) electrons. The topological polar surface area (TPSA) is 63.9 Å². The number of aryl methyl sites for hydroxylation is 1. The number of aromatic nitrogens is 2. The first-order chi connectivity index (χ1) is 13.2. The number of rotatable bonds is 4. The molecule has 4 atom stereocenters. The Balaban J connectivity index is 1.35. The largest absolute Gasteiger partial charge is 0.444 e. The molecule has 1 amide bonds. The highest BCUT2D eigenvalue weighted by atomic mass is 16.6. The van der Waals surface area contributed by atoms with E-state index in [1.54, 1.807) is 4.90 Å². The number of nitrogens with zero attached hydrogens (tertiary/aromatic N) is 3. The van der Waals surface area contributed by atoms with E-state index in [0.29, 0.717) is 37.1 Å². The van der Waals surface area contributed by atoms with Gasteiger partial charge in [0.25, 0.3) is 0 Å². The zero-order valence-corrected chi connectivity index (χ0v) is 17.3. The smallest absolute Gasteiger partial charge is 0.410 e. The minimum absolute atomic E-state index is 0.0695. The first-order valence-electron chi connectivity index (χ1n) is 10.1. The van der Waals surface area contributed by atoms with Crippen molar-refractivity contribution in [3.63, 3.8) is 0 Å². The first-order valence-corrected chi connectivity index (χ1v) is 10.1. The Bertz CT molecular complexity index is 915. The van der Waals surface area contributed by atoms with Gasteiger partial charge in [0.15, 0.2) is 0 Å². The van der Waals surface area contributed by atoms with Gasteiger partial charge in [0, 0.05) is 37.5 Å². The Labute approximate surface area is 165 Å². The third kappa shape index (κ3) is 3.40. The van der Waals surface area contributed by atoms with Crippen LogP contribution in [0.1, 0.15) is 51.4 Å². The molecule has 2 fully saturated rings. The van der Waals surface area contributed by atoms with Crippen molar-refractivity contribution in [3.05, 3.63) is 35.9 Å². The molecular formula is C22H29N3O3. The number of imidazole rings is 1. The quantitative estimate of drug-likeness (QED) is 0.805. The lowest BCUT2D eigenvalue weighted by molar-refractivity contribution is -0.121. The number of carbonyl (C=O) groups is 2. The van der Waals surface area contributed by atoms with E-state index in [1.807, 2.05) is 39.2 Å². The van der Waals surface area contributed by atoms with E-state index in [1.165, 1.54) is 5.56 Å². The molecule has 1 aliphatic heterocycles. The van der Waals surface area contributed by atoms with Crippen molar-refractivity contribution in [2.75, 3.05) is 13.1 Å². The van der Waals surface area contributed by atoms with Crippen molar-refractivity contribution in [2.24, 2.45) is 17.8 Å². The fourth-order valence-corrected chi connectivity index (χ4v) is 4.56. The van der Waals surface area contributed by atoms with E-state index in [4.69, 9.17) is 4.74 Å². The van der Waals surface area contributed by atoms with E-state index in [9.17, 15) is 9.59 Å². The molecule has 2 aliphatic rings. The summed E-state index contributed by atoms with van der Waals surface area (Å²) >= 11 is 0. The lowest BCUT2D eigenvalue weighted by atomic mass is 9.99. The maximum Gasteiger partial charge on any atom is 0.410 e. The summed E-state index contributed by atoms with van der Waals surface area (Å²) in [6.45, 7) is 11.0. The van der Waals surface area contributed by atoms with Gasteiger partial charge in [0.1, 0.15) is 17.2 Å². The second kappa shape index (κ2) is 6.61. The average molecular weight is 383 g/mol. The first kappa shape index (κ1) is 19.0. The van der Waals surface area contributed by atoms with Gasteiger partial charge in [-0.1, -0.05) is 13.0 Å². The molecule has 6 nitrogen and oxygen atoms in total. The highest BCUT2D eigenvalue weighted by Crippen LogP contribution is 2.53. The van der Waals surface area contributed by atoms with Crippen LogP contribution in [-0.4, -0.2) is 44.9 Å². The molecule has 6 heteroatoms. The third-order valence-electron chi connectivity index (χ3n) is 5.98. The summed E-state index contributed by atoms with van der Waals surface area (Å²) < 4.78 is 7.53. The lowest BCUT2D eigenvalue weighted by Gasteiger charge is -2.25. The molecule has 0 bridgehead atoms. The number of ketones is 1. The van der Waals surface area contributed by atoms with E-state index in [0.717, 1.165) is 11.3 Å². The van der Waals surface area contributed by atoms with Crippen molar-refractivity contribution in [3.8, 4) is 0 Å². The van der Waals surface area contributed by atoms with Crippen molar-refractivity contribution < 1.29 is 14.3 Å². The number of hydrogen-bond acceptors (Lipinski definition) is 4. The summed E-state index contributed by atoms with van der Waals surface area (Å²) in [5.41, 5.74) is 1.78. The number of amides is 1. The van der Waals surface area contributed by atoms with E-state index < -0.39 is 5.60 Å². The van der Waals surface area contributed by atoms with Crippen LogP contribution in [0, 0.1) is 24.7 Å². The van der Waals surface area contributed by atoms with Gasteiger partial charge >= 0.3 is 6.09 Å². The molecule has 150 valence electrons. The molecule has 3 heterocycles. The summed E-state index contributed by atoms with van der Waals surface area (Å²) in [5.74, 6) is 2.00. The van der Waals surface area contributed by atoms with Crippen LogP contribution >= 0.6 is 0 Å². The van der Waals surface area contributed by atoms with Gasteiger partial charge in [0.2, 0.25) is 0 Å². The minimum Gasteiger partial charge on any atom is -0.444 e. The van der Waals surface area contributed by atoms with Gasteiger partial charge in [-0.25, -0.2) is 9.78 Å². The second-order valence-corrected chi connectivity index (χ2v) is 9.37. The van der Waals surface area contributed by atoms with Crippen LogP contribution in [0.3, 0.4) is 0 Å². The van der Waals surface area contributed by atoms with Crippen molar-refractivity contribution >= 4 is 17.4 Å². The van der Waals surface area contributed by atoms with E-state index in [2.05, 4.69) is 29.3 Å². The van der Waals surface area contributed by atoms with Gasteiger partial charge < -0.3 is 14.0 Å². The molecule has 0 aromatic carbocycles. The van der Waals surface area contributed by atoms with Crippen LogP contribution in [0.5, 0.6) is 0 Å². The van der Waals surface area contributed by atoms with E-state index >= 15 is 0 Å². The summed E-state index contributed by atoms with van der Waals surface area (Å²) in [4.78, 5) is 31.4. The molecule has 1 saturated carbocycles. The average Bonchev–Trinajstić information content (AvgIpc) is 2.96. The molecule has 4 rings (SSSR count). The summed E-state index contributed by atoms with van der Waals surface area (Å²) in [6, 6.07) is 4.08. The Morgan fingerprint density at radius 1 is 1.29 bits per heavy atom. The molecule has 2 aromatic rings. The van der Waals surface area contributed by atoms with Crippen molar-refractivity contribution in [1.82, 2.24) is 14.3 Å². The zero-order chi connectivity index (χ0) is 20.2. The number of pyridine rings is 1.